The zero-order valence-electron chi connectivity index (χ0n) is 14.9. The molecule has 0 radical (unpaired) electrons. The normalized spacial score (nSPS) is 12.4. The van der Waals surface area contributed by atoms with Crippen molar-refractivity contribution in [1.82, 2.24) is 39.3 Å². The summed E-state index contributed by atoms with van der Waals surface area (Å²) in [5, 5.41) is 8.40. The zero-order chi connectivity index (χ0) is 19.1. The topological polar surface area (TPSA) is 125 Å². The number of hydrogen-bond donors (Lipinski definition) is 2. The molecule has 0 saturated carbocycles. The van der Waals surface area contributed by atoms with Gasteiger partial charge >= 0.3 is 0 Å². The second-order valence-corrected chi connectivity index (χ2v) is 6.17. The molecule has 10 nitrogen and oxygen atoms in total. The number of nitrogens with zero attached hydrogens (tertiary/aromatic N) is 8. The summed E-state index contributed by atoms with van der Waals surface area (Å²) in [6.07, 6.45) is 5.74. The Labute approximate surface area is 153 Å². The van der Waals surface area contributed by atoms with Crippen LogP contribution in [0, 0.1) is 5.82 Å². The lowest BCUT2D eigenvalue weighted by Crippen LogP contribution is -2.06. The molecular formula is C16H17FN10. The third kappa shape index (κ3) is 3.03. The van der Waals surface area contributed by atoms with Gasteiger partial charge in [0.25, 0.3) is 0 Å². The average molecular weight is 368 g/mol. The predicted octanol–water partition coefficient (Wildman–Crippen LogP) is 1.50. The first-order valence-electron chi connectivity index (χ1n) is 8.15. The van der Waals surface area contributed by atoms with E-state index in [0.29, 0.717) is 34.2 Å². The highest BCUT2D eigenvalue weighted by atomic mass is 19.1. The summed E-state index contributed by atoms with van der Waals surface area (Å²) in [6, 6.07) is 0. The van der Waals surface area contributed by atoms with Crippen molar-refractivity contribution in [3.05, 3.63) is 42.3 Å². The van der Waals surface area contributed by atoms with Gasteiger partial charge in [0.15, 0.2) is 11.5 Å². The fraction of sp³-hybridized carbons (Fsp3) is 0.250. The lowest BCUT2D eigenvalue weighted by molar-refractivity contribution is 0.604. The van der Waals surface area contributed by atoms with Crippen molar-refractivity contribution < 1.29 is 4.39 Å². The van der Waals surface area contributed by atoms with E-state index in [1.54, 1.807) is 18.1 Å². The number of halogens is 1. The van der Waals surface area contributed by atoms with Crippen LogP contribution in [-0.4, -0.2) is 39.3 Å². The molecule has 138 valence electrons. The Hall–Kier alpha value is -3.63. The van der Waals surface area contributed by atoms with E-state index in [4.69, 9.17) is 5.73 Å². The molecule has 4 rings (SSSR count). The Morgan fingerprint density at radius 2 is 1.89 bits per heavy atom. The SMILES string of the molecule is CC(c1ncc(F)cn1)c1nn(C)c2nc(N)nc(Nc3cn(C)cn3)c12. The Balaban J connectivity index is 1.86. The van der Waals surface area contributed by atoms with Crippen LogP contribution in [0.2, 0.25) is 0 Å². The maximum atomic E-state index is 13.2. The molecule has 0 aliphatic heterocycles. The fourth-order valence-corrected chi connectivity index (χ4v) is 2.86. The number of aromatic nitrogens is 8. The number of imidazole rings is 1. The lowest BCUT2D eigenvalue weighted by Gasteiger charge is -2.10. The molecule has 0 aliphatic rings. The molecule has 0 bridgehead atoms. The second-order valence-electron chi connectivity index (χ2n) is 6.17. The molecule has 0 aliphatic carbocycles. The highest BCUT2D eigenvalue weighted by molar-refractivity contribution is 5.92. The summed E-state index contributed by atoms with van der Waals surface area (Å²) in [7, 11) is 3.63. The molecule has 27 heavy (non-hydrogen) atoms. The minimum atomic E-state index is -0.495. The van der Waals surface area contributed by atoms with E-state index in [9.17, 15) is 4.39 Å². The molecule has 3 N–H and O–H groups in total. The van der Waals surface area contributed by atoms with Gasteiger partial charge < -0.3 is 15.6 Å². The summed E-state index contributed by atoms with van der Waals surface area (Å²) < 4.78 is 16.6. The van der Waals surface area contributed by atoms with Gasteiger partial charge in [0.1, 0.15) is 17.5 Å². The number of anilines is 3. The first-order chi connectivity index (χ1) is 12.9. The van der Waals surface area contributed by atoms with Gasteiger partial charge in [-0.2, -0.15) is 15.1 Å². The van der Waals surface area contributed by atoms with E-state index in [-0.39, 0.29) is 11.9 Å². The molecule has 1 atom stereocenters. The first kappa shape index (κ1) is 16.8. The van der Waals surface area contributed by atoms with E-state index in [0.717, 1.165) is 12.4 Å². The maximum absolute atomic E-state index is 13.2. The lowest BCUT2D eigenvalue weighted by atomic mass is 10.0. The molecule has 0 fully saturated rings. The van der Waals surface area contributed by atoms with Crippen molar-refractivity contribution in [2.24, 2.45) is 14.1 Å². The number of rotatable bonds is 4. The predicted molar refractivity (Wildman–Crippen MR) is 96.7 cm³/mol. The van der Waals surface area contributed by atoms with Crippen LogP contribution in [0.4, 0.5) is 22.0 Å². The quantitative estimate of drug-likeness (QED) is 0.555. The van der Waals surface area contributed by atoms with Crippen molar-refractivity contribution in [1.29, 1.82) is 0 Å². The largest absolute Gasteiger partial charge is 0.368 e. The number of hydrogen-bond acceptors (Lipinski definition) is 8. The van der Waals surface area contributed by atoms with Crippen molar-refractivity contribution >= 4 is 28.6 Å². The van der Waals surface area contributed by atoms with Gasteiger partial charge in [-0.05, 0) is 6.92 Å². The minimum Gasteiger partial charge on any atom is -0.368 e. The van der Waals surface area contributed by atoms with E-state index in [1.807, 2.05) is 24.7 Å². The maximum Gasteiger partial charge on any atom is 0.224 e. The van der Waals surface area contributed by atoms with Crippen LogP contribution < -0.4 is 11.1 Å². The Kier molecular flexibility index (Phi) is 3.90. The minimum absolute atomic E-state index is 0.112. The third-order valence-corrected chi connectivity index (χ3v) is 4.12. The van der Waals surface area contributed by atoms with E-state index in [2.05, 4.69) is 35.3 Å². The summed E-state index contributed by atoms with van der Waals surface area (Å²) in [6.45, 7) is 1.88. The zero-order valence-corrected chi connectivity index (χ0v) is 14.9. The number of nitrogens with one attached hydrogen (secondary N) is 1. The smallest absolute Gasteiger partial charge is 0.224 e. The fourth-order valence-electron chi connectivity index (χ4n) is 2.86. The molecule has 0 amide bonds. The first-order valence-corrected chi connectivity index (χ1v) is 8.15. The monoisotopic (exact) mass is 368 g/mol. The highest BCUT2D eigenvalue weighted by Crippen LogP contribution is 2.32. The van der Waals surface area contributed by atoms with E-state index >= 15 is 0 Å². The van der Waals surface area contributed by atoms with Gasteiger partial charge in [-0.15, -0.1) is 0 Å². The Morgan fingerprint density at radius 3 is 2.56 bits per heavy atom. The molecule has 4 heterocycles. The molecular weight excluding hydrogens is 351 g/mol. The third-order valence-electron chi connectivity index (χ3n) is 4.12. The van der Waals surface area contributed by atoms with Gasteiger partial charge in [-0.25, -0.2) is 24.0 Å². The summed E-state index contributed by atoms with van der Waals surface area (Å²) in [5.41, 5.74) is 7.08. The van der Waals surface area contributed by atoms with Crippen LogP contribution in [0.1, 0.15) is 24.4 Å². The van der Waals surface area contributed by atoms with Crippen LogP contribution in [0.25, 0.3) is 11.0 Å². The molecule has 4 aromatic heterocycles. The molecule has 0 aromatic carbocycles. The van der Waals surface area contributed by atoms with Crippen molar-refractivity contribution in [2.45, 2.75) is 12.8 Å². The van der Waals surface area contributed by atoms with Crippen molar-refractivity contribution in [2.75, 3.05) is 11.1 Å². The van der Waals surface area contributed by atoms with Crippen LogP contribution in [-0.2, 0) is 14.1 Å². The Morgan fingerprint density at radius 1 is 1.15 bits per heavy atom. The van der Waals surface area contributed by atoms with Gasteiger partial charge in [0.2, 0.25) is 5.95 Å². The molecule has 1 unspecified atom stereocenters. The number of nitrogen functional groups attached to an aromatic ring is 1. The van der Waals surface area contributed by atoms with Crippen molar-refractivity contribution in [3.63, 3.8) is 0 Å². The molecule has 0 saturated heterocycles. The van der Waals surface area contributed by atoms with Crippen LogP contribution in [0.3, 0.4) is 0 Å². The summed E-state index contributed by atoms with van der Waals surface area (Å²) in [5.74, 6) is 0.833. The molecule has 0 spiro atoms. The van der Waals surface area contributed by atoms with Crippen LogP contribution in [0.15, 0.2) is 24.9 Å². The van der Waals surface area contributed by atoms with E-state index < -0.39 is 5.82 Å². The molecule has 11 heteroatoms. The summed E-state index contributed by atoms with van der Waals surface area (Å²) >= 11 is 0. The van der Waals surface area contributed by atoms with Gasteiger partial charge in [-0.3, -0.25) is 0 Å². The average Bonchev–Trinajstić information content (AvgIpc) is 3.18. The van der Waals surface area contributed by atoms with Gasteiger partial charge in [0.05, 0.1) is 35.7 Å². The van der Waals surface area contributed by atoms with E-state index in [1.165, 1.54) is 0 Å². The number of aryl methyl sites for hydroxylation is 2. The van der Waals surface area contributed by atoms with Crippen molar-refractivity contribution in [3.8, 4) is 0 Å². The summed E-state index contributed by atoms with van der Waals surface area (Å²) in [4.78, 5) is 21.0. The Bertz CT molecular complexity index is 1110. The number of nitrogens with two attached hydrogens (primary N) is 1. The van der Waals surface area contributed by atoms with Gasteiger partial charge in [0, 0.05) is 20.3 Å². The van der Waals surface area contributed by atoms with Crippen LogP contribution >= 0.6 is 0 Å². The van der Waals surface area contributed by atoms with Gasteiger partial charge in [-0.1, -0.05) is 0 Å². The molecule has 4 aromatic rings. The highest BCUT2D eigenvalue weighted by Gasteiger charge is 2.24. The van der Waals surface area contributed by atoms with Crippen LogP contribution in [0.5, 0.6) is 0 Å². The number of fused-ring (bicyclic) bond motifs is 1. The standard InChI is InChI=1S/C16H17FN10/c1-8(13-19-4-9(17)5-20-13)12-11-14(22-10-6-26(2)7-21-10)23-16(18)24-15(11)27(3)25-12/h4-8H,1-3H3,(H3,18,22,23,24). The second kappa shape index (κ2) is 6.27.